The molecule has 1 heterocycles. The van der Waals surface area contributed by atoms with Crippen molar-refractivity contribution in [2.24, 2.45) is 0 Å². The van der Waals surface area contributed by atoms with Gasteiger partial charge in [0, 0.05) is 20.2 Å². The molecule has 0 aliphatic carbocycles. The van der Waals surface area contributed by atoms with Crippen molar-refractivity contribution in [3.05, 3.63) is 40.6 Å². The molecule has 0 saturated carbocycles. The largest absolute Gasteiger partial charge is 0.375 e. The summed E-state index contributed by atoms with van der Waals surface area (Å²) in [4.78, 5) is 36.6. The Morgan fingerprint density at radius 1 is 1.35 bits per heavy atom. The summed E-state index contributed by atoms with van der Waals surface area (Å²) in [6, 6.07) is 5.60. The minimum absolute atomic E-state index is 0.0770. The van der Waals surface area contributed by atoms with E-state index in [0.29, 0.717) is 5.56 Å². The van der Waals surface area contributed by atoms with Crippen LogP contribution in [-0.4, -0.2) is 48.8 Å². The number of methoxy groups -OCH3 is 1. The third kappa shape index (κ3) is 4.64. The van der Waals surface area contributed by atoms with E-state index < -0.39 is 11.1 Å². The number of thioether (sulfide) groups is 1. The molecule has 122 valence electrons. The van der Waals surface area contributed by atoms with Gasteiger partial charge in [-0.3, -0.25) is 19.3 Å². The second-order valence-corrected chi connectivity index (χ2v) is 5.66. The van der Waals surface area contributed by atoms with Gasteiger partial charge in [-0.15, -0.1) is 0 Å². The van der Waals surface area contributed by atoms with E-state index in [0.717, 1.165) is 16.7 Å². The molecule has 1 aromatic carbocycles. The molecular formula is C15H15FN2O4S. The van der Waals surface area contributed by atoms with Crippen molar-refractivity contribution < 1.29 is 23.5 Å². The lowest BCUT2D eigenvalue weighted by Gasteiger charge is -2.12. The summed E-state index contributed by atoms with van der Waals surface area (Å²) < 4.78 is 17.5. The van der Waals surface area contributed by atoms with Crippen molar-refractivity contribution in [2.45, 2.75) is 0 Å². The fourth-order valence-electron chi connectivity index (χ4n) is 1.89. The van der Waals surface area contributed by atoms with Crippen molar-refractivity contribution in [2.75, 3.05) is 26.8 Å². The Kier molecular flexibility index (Phi) is 5.89. The smallest absolute Gasteiger partial charge is 0.293 e. The molecule has 1 aromatic rings. The molecule has 6 nitrogen and oxygen atoms in total. The van der Waals surface area contributed by atoms with Crippen LogP contribution in [0.2, 0.25) is 0 Å². The quantitative estimate of drug-likeness (QED) is 0.798. The van der Waals surface area contributed by atoms with Crippen molar-refractivity contribution >= 4 is 34.9 Å². The van der Waals surface area contributed by atoms with Crippen LogP contribution in [0.5, 0.6) is 0 Å². The lowest BCUT2D eigenvalue weighted by atomic mass is 10.2. The van der Waals surface area contributed by atoms with E-state index in [2.05, 4.69) is 10.1 Å². The number of imide groups is 1. The van der Waals surface area contributed by atoms with Crippen molar-refractivity contribution in [3.63, 3.8) is 0 Å². The van der Waals surface area contributed by atoms with Crippen molar-refractivity contribution in [1.29, 1.82) is 0 Å². The minimum Gasteiger partial charge on any atom is -0.375 e. The number of hydrogen-bond acceptors (Lipinski definition) is 5. The van der Waals surface area contributed by atoms with E-state index in [1.54, 1.807) is 0 Å². The second kappa shape index (κ2) is 7.89. The van der Waals surface area contributed by atoms with Gasteiger partial charge in [0.05, 0.1) is 4.91 Å². The van der Waals surface area contributed by atoms with Crippen LogP contribution in [0, 0.1) is 5.82 Å². The van der Waals surface area contributed by atoms with E-state index in [1.165, 1.54) is 37.5 Å². The zero-order valence-electron chi connectivity index (χ0n) is 12.4. The Balaban J connectivity index is 1.96. The predicted octanol–water partition coefficient (Wildman–Crippen LogP) is 1.62. The summed E-state index contributed by atoms with van der Waals surface area (Å²) in [5, 5.41) is 2.14. The van der Waals surface area contributed by atoms with Crippen molar-refractivity contribution in [3.8, 4) is 0 Å². The van der Waals surface area contributed by atoms with Crippen LogP contribution in [0.15, 0.2) is 29.2 Å². The molecular weight excluding hydrogens is 323 g/mol. The summed E-state index contributed by atoms with van der Waals surface area (Å²) >= 11 is 0.817. The molecule has 23 heavy (non-hydrogen) atoms. The van der Waals surface area contributed by atoms with Crippen LogP contribution in [-0.2, 0) is 14.3 Å². The molecule has 1 fully saturated rings. The monoisotopic (exact) mass is 338 g/mol. The van der Waals surface area contributed by atoms with Crippen LogP contribution in [0.3, 0.4) is 0 Å². The molecule has 0 atom stereocenters. The lowest BCUT2D eigenvalue weighted by molar-refractivity contribution is -0.126. The highest BCUT2D eigenvalue weighted by Gasteiger charge is 2.34. The van der Waals surface area contributed by atoms with Gasteiger partial charge in [0.25, 0.3) is 11.1 Å². The number of rotatable bonds is 6. The maximum Gasteiger partial charge on any atom is 0.293 e. The number of ether oxygens (including phenoxy) is 1. The first-order valence-corrected chi connectivity index (χ1v) is 7.59. The molecule has 1 aliphatic heterocycles. The molecule has 3 amide bonds. The van der Waals surface area contributed by atoms with Gasteiger partial charge in [0.1, 0.15) is 12.4 Å². The second-order valence-electron chi connectivity index (χ2n) is 4.67. The SMILES string of the molecule is COCC(=O)NCCN1C(=O)SC(=Cc2ccc(F)cc2)C1=O. The standard InChI is InChI=1S/C15H15FN2O4S/c1-22-9-13(19)17-6-7-18-14(20)12(23-15(18)21)8-10-2-4-11(16)5-3-10/h2-5,8H,6-7,9H2,1H3,(H,17,19). The summed E-state index contributed by atoms with van der Waals surface area (Å²) in [7, 11) is 1.40. The first kappa shape index (κ1) is 17.2. The normalized spacial score (nSPS) is 16.3. The molecule has 0 radical (unpaired) electrons. The fraction of sp³-hybridized carbons (Fsp3) is 0.267. The summed E-state index contributed by atoms with van der Waals surface area (Å²) in [6.07, 6.45) is 1.54. The van der Waals surface area contributed by atoms with Crippen LogP contribution in [0.4, 0.5) is 9.18 Å². The van der Waals surface area contributed by atoms with Gasteiger partial charge >= 0.3 is 0 Å². The fourth-order valence-corrected chi connectivity index (χ4v) is 2.76. The molecule has 1 N–H and O–H groups in total. The zero-order chi connectivity index (χ0) is 16.8. The highest BCUT2D eigenvalue weighted by Crippen LogP contribution is 2.31. The van der Waals surface area contributed by atoms with E-state index in [1.807, 2.05) is 0 Å². The van der Waals surface area contributed by atoms with Gasteiger partial charge < -0.3 is 10.1 Å². The molecule has 1 aliphatic rings. The highest BCUT2D eigenvalue weighted by atomic mass is 32.2. The van der Waals surface area contributed by atoms with E-state index in [4.69, 9.17) is 0 Å². The number of halogens is 1. The number of benzene rings is 1. The molecule has 1 saturated heterocycles. The van der Waals surface area contributed by atoms with E-state index in [-0.39, 0.29) is 36.3 Å². The van der Waals surface area contributed by atoms with Crippen LogP contribution in [0.25, 0.3) is 6.08 Å². The third-order valence-corrected chi connectivity index (χ3v) is 3.88. The number of carbonyl (C=O) groups is 3. The maximum absolute atomic E-state index is 12.9. The molecule has 0 unspecified atom stereocenters. The van der Waals surface area contributed by atoms with E-state index in [9.17, 15) is 18.8 Å². The number of nitrogens with one attached hydrogen (secondary N) is 1. The topological polar surface area (TPSA) is 75.7 Å². The number of carbonyl (C=O) groups excluding carboxylic acids is 3. The van der Waals surface area contributed by atoms with Gasteiger partial charge in [-0.05, 0) is 35.5 Å². The number of nitrogens with zero attached hydrogens (tertiary/aromatic N) is 1. The molecule has 2 rings (SSSR count). The summed E-state index contributed by atoms with van der Waals surface area (Å²) in [6.45, 7) is 0.164. The lowest BCUT2D eigenvalue weighted by Crippen LogP contribution is -2.38. The zero-order valence-corrected chi connectivity index (χ0v) is 13.2. The molecule has 8 heteroatoms. The van der Waals surface area contributed by atoms with Crippen LogP contribution >= 0.6 is 11.8 Å². The average molecular weight is 338 g/mol. The third-order valence-electron chi connectivity index (χ3n) is 2.97. The molecule has 0 aromatic heterocycles. The van der Waals surface area contributed by atoms with Crippen LogP contribution < -0.4 is 5.32 Å². The predicted molar refractivity (Wildman–Crippen MR) is 84.0 cm³/mol. The molecule has 0 spiro atoms. The van der Waals surface area contributed by atoms with Gasteiger partial charge in [-0.1, -0.05) is 12.1 Å². The molecule has 0 bridgehead atoms. The average Bonchev–Trinajstić information content (AvgIpc) is 2.77. The highest BCUT2D eigenvalue weighted by molar-refractivity contribution is 8.18. The summed E-state index contributed by atoms with van der Waals surface area (Å²) in [5.41, 5.74) is 0.630. The van der Waals surface area contributed by atoms with Gasteiger partial charge in [-0.25, -0.2) is 4.39 Å². The number of hydrogen-bond donors (Lipinski definition) is 1. The Morgan fingerprint density at radius 3 is 2.70 bits per heavy atom. The van der Waals surface area contributed by atoms with Crippen LogP contribution in [0.1, 0.15) is 5.56 Å². The minimum atomic E-state index is -0.426. The summed E-state index contributed by atoms with van der Waals surface area (Å²) in [5.74, 6) is -1.12. The first-order chi connectivity index (χ1) is 11.0. The Labute approximate surface area is 136 Å². The number of amides is 3. The van der Waals surface area contributed by atoms with Gasteiger partial charge in [0.15, 0.2) is 0 Å². The van der Waals surface area contributed by atoms with Gasteiger partial charge in [-0.2, -0.15) is 0 Å². The Bertz CT molecular complexity index is 645. The van der Waals surface area contributed by atoms with E-state index >= 15 is 0 Å². The maximum atomic E-state index is 12.9. The van der Waals surface area contributed by atoms with Crippen molar-refractivity contribution in [1.82, 2.24) is 10.2 Å². The first-order valence-electron chi connectivity index (χ1n) is 6.78. The Morgan fingerprint density at radius 2 is 2.04 bits per heavy atom. The Hall–Kier alpha value is -2.19. The van der Waals surface area contributed by atoms with Gasteiger partial charge in [0.2, 0.25) is 5.91 Å².